The van der Waals surface area contributed by atoms with Crippen molar-refractivity contribution in [2.45, 2.75) is 6.54 Å². The molecule has 1 aromatic heterocycles. The Kier molecular flexibility index (Phi) is 4.61. The van der Waals surface area contributed by atoms with Crippen molar-refractivity contribution in [3.05, 3.63) is 46.5 Å². The van der Waals surface area contributed by atoms with Crippen LogP contribution in [0.1, 0.15) is 21.6 Å². The van der Waals surface area contributed by atoms with Crippen molar-refractivity contribution in [1.29, 1.82) is 0 Å². The first-order valence-electron chi connectivity index (χ1n) is 5.53. The molecule has 0 bridgehead atoms. The smallest absolute Gasteiger partial charge is 0.273 e. The predicted molar refractivity (Wildman–Crippen MR) is 71.5 cm³/mol. The average molecular weight is 273 g/mol. The van der Waals surface area contributed by atoms with E-state index >= 15 is 0 Å². The summed E-state index contributed by atoms with van der Waals surface area (Å²) in [5, 5.41) is 16.7. The second kappa shape index (κ2) is 6.64. The number of hydrogen-bond acceptors (Lipinski definition) is 5. The van der Waals surface area contributed by atoms with E-state index in [2.05, 4.69) is 26.7 Å². The molecule has 2 aromatic rings. The zero-order valence-corrected chi connectivity index (χ0v) is 10.8. The minimum atomic E-state index is -0.249. The van der Waals surface area contributed by atoms with Crippen molar-refractivity contribution in [1.82, 2.24) is 14.9 Å². The zero-order valence-electron chi connectivity index (χ0n) is 9.96. The highest BCUT2D eigenvalue weighted by molar-refractivity contribution is 7.03. The summed E-state index contributed by atoms with van der Waals surface area (Å²) in [5.41, 5.74) is 2.05. The second-order valence-corrected chi connectivity index (χ2v) is 4.24. The molecule has 1 aromatic carbocycles. The maximum atomic E-state index is 11.7. The first-order valence-corrected chi connectivity index (χ1v) is 6.37. The number of carbonyl (C=O) groups excluding carboxylic acids is 1. The van der Waals surface area contributed by atoms with Gasteiger partial charge in [0, 0.05) is 17.5 Å². The number of nitrogens with zero attached hydrogens (tertiary/aromatic N) is 2. The van der Waals surface area contributed by atoms with Crippen LogP contribution in [0.5, 0.6) is 0 Å². The highest BCUT2D eigenvalue weighted by Crippen LogP contribution is 2.04. The minimum absolute atomic E-state index is 0.169. The molecule has 19 heavy (non-hydrogen) atoms. The zero-order chi connectivity index (χ0) is 13.5. The molecular weight excluding hydrogens is 262 g/mol. The molecule has 0 fully saturated rings. The summed E-state index contributed by atoms with van der Waals surface area (Å²) >= 11 is 1.14. The molecule has 0 spiro atoms. The molecule has 0 radical (unpaired) electrons. The van der Waals surface area contributed by atoms with Gasteiger partial charge in [-0.2, -0.15) is 0 Å². The summed E-state index contributed by atoms with van der Waals surface area (Å²) in [7, 11) is 0. The summed E-state index contributed by atoms with van der Waals surface area (Å²) in [6.45, 7) is 0.225. The van der Waals surface area contributed by atoms with Gasteiger partial charge in [-0.05, 0) is 29.2 Å². The molecule has 0 aliphatic carbocycles. The van der Waals surface area contributed by atoms with Crippen molar-refractivity contribution in [2.24, 2.45) is 0 Å². The van der Waals surface area contributed by atoms with Crippen LogP contribution in [0.25, 0.3) is 0 Å². The van der Waals surface area contributed by atoms with E-state index in [0.717, 1.165) is 22.7 Å². The fourth-order valence-corrected chi connectivity index (χ4v) is 1.87. The Labute approximate surface area is 114 Å². The number of aromatic nitrogens is 2. The summed E-state index contributed by atoms with van der Waals surface area (Å²) in [5.74, 6) is 5.15. The number of amides is 1. The maximum Gasteiger partial charge on any atom is 0.273 e. The molecule has 0 unspecified atom stereocenters. The van der Waals surface area contributed by atoms with Crippen molar-refractivity contribution in [3.8, 4) is 11.8 Å². The van der Waals surface area contributed by atoms with Gasteiger partial charge < -0.3 is 10.4 Å². The third-order valence-corrected chi connectivity index (χ3v) is 2.79. The van der Waals surface area contributed by atoms with E-state index in [9.17, 15) is 4.79 Å². The summed E-state index contributed by atoms with van der Waals surface area (Å²) in [4.78, 5) is 11.7. The van der Waals surface area contributed by atoms with Gasteiger partial charge in [-0.15, -0.1) is 5.10 Å². The number of hydrogen-bond donors (Lipinski definition) is 2. The Hall–Kier alpha value is -2.23. The number of carbonyl (C=O) groups is 1. The van der Waals surface area contributed by atoms with Gasteiger partial charge in [0.05, 0.1) is 0 Å². The van der Waals surface area contributed by atoms with Crippen LogP contribution in [0.4, 0.5) is 0 Å². The third-order valence-electron chi connectivity index (χ3n) is 2.28. The normalized spacial score (nSPS) is 9.53. The molecule has 0 saturated carbocycles. The highest BCUT2D eigenvalue weighted by Gasteiger charge is 2.07. The lowest BCUT2D eigenvalue weighted by Gasteiger charge is -2.03. The molecule has 0 aliphatic heterocycles. The van der Waals surface area contributed by atoms with Crippen molar-refractivity contribution < 1.29 is 9.90 Å². The first-order chi connectivity index (χ1) is 9.29. The van der Waals surface area contributed by atoms with Gasteiger partial charge in [-0.1, -0.05) is 28.5 Å². The average Bonchev–Trinajstić information content (AvgIpc) is 2.97. The predicted octanol–water partition coefficient (Wildman–Crippen LogP) is 0.812. The lowest BCUT2D eigenvalue weighted by atomic mass is 10.1. The van der Waals surface area contributed by atoms with E-state index in [1.165, 1.54) is 0 Å². The molecule has 1 amide bonds. The quantitative estimate of drug-likeness (QED) is 0.812. The minimum Gasteiger partial charge on any atom is -0.384 e. The van der Waals surface area contributed by atoms with Gasteiger partial charge in [-0.3, -0.25) is 4.79 Å². The molecule has 0 saturated heterocycles. The van der Waals surface area contributed by atoms with Crippen LogP contribution in [0.15, 0.2) is 29.6 Å². The number of benzene rings is 1. The standard InChI is InChI=1S/C13H11N3O2S/c17-6-2-5-10-3-1-4-11(7-10)8-14-13(18)12-9-19-16-15-12/h1,3-4,7,9,17H,6,8H2,(H,14,18). The van der Waals surface area contributed by atoms with Gasteiger partial charge in [0.2, 0.25) is 0 Å². The third kappa shape index (κ3) is 3.88. The summed E-state index contributed by atoms with van der Waals surface area (Å²) in [6.07, 6.45) is 0. The fourth-order valence-electron chi connectivity index (χ4n) is 1.44. The number of rotatable bonds is 3. The molecule has 5 nitrogen and oxygen atoms in total. The van der Waals surface area contributed by atoms with Crippen LogP contribution in [0.3, 0.4) is 0 Å². The highest BCUT2D eigenvalue weighted by atomic mass is 32.1. The van der Waals surface area contributed by atoms with Crippen LogP contribution in [-0.2, 0) is 6.54 Å². The van der Waals surface area contributed by atoms with E-state index in [1.807, 2.05) is 24.3 Å². The fraction of sp³-hybridized carbons (Fsp3) is 0.154. The Morgan fingerprint density at radius 3 is 3.11 bits per heavy atom. The molecule has 2 N–H and O–H groups in total. The van der Waals surface area contributed by atoms with Gasteiger partial charge >= 0.3 is 0 Å². The monoisotopic (exact) mass is 273 g/mol. The van der Waals surface area contributed by atoms with Crippen LogP contribution in [-0.4, -0.2) is 27.2 Å². The largest absolute Gasteiger partial charge is 0.384 e. The lowest BCUT2D eigenvalue weighted by Crippen LogP contribution is -2.23. The molecule has 96 valence electrons. The second-order valence-electron chi connectivity index (χ2n) is 3.63. The van der Waals surface area contributed by atoms with Gasteiger partial charge in [-0.25, -0.2) is 0 Å². The molecule has 0 aliphatic rings. The van der Waals surface area contributed by atoms with Gasteiger partial charge in [0.1, 0.15) is 6.61 Å². The van der Waals surface area contributed by atoms with E-state index in [0.29, 0.717) is 12.2 Å². The Morgan fingerprint density at radius 2 is 2.37 bits per heavy atom. The van der Waals surface area contributed by atoms with Crippen LogP contribution in [0.2, 0.25) is 0 Å². The summed E-state index contributed by atoms with van der Waals surface area (Å²) < 4.78 is 3.63. The Morgan fingerprint density at radius 1 is 1.47 bits per heavy atom. The van der Waals surface area contributed by atoms with Crippen LogP contribution >= 0.6 is 11.5 Å². The van der Waals surface area contributed by atoms with Crippen LogP contribution in [0, 0.1) is 11.8 Å². The topological polar surface area (TPSA) is 75.1 Å². The van der Waals surface area contributed by atoms with Crippen molar-refractivity contribution in [3.63, 3.8) is 0 Å². The molecule has 1 heterocycles. The summed E-state index contributed by atoms with van der Waals surface area (Å²) in [6, 6.07) is 7.46. The lowest BCUT2D eigenvalue weighted by molar-refractivity contribution is 0.0946. The number of aliphatic hydroxyl groups excluding tert-OH is 1. The first kappa shape index (κ1) is 13.2. The van der Waals surface area contributed by atoms with Crippen molar-refractivity contribution >= 4 is 17.4 Å². The Balaban J connectivity index is 1.98. The van der Waals surface area contributed by atoms with Crippen molar-refractivity contribution in [2.75, 3.05) is 6.61 Å². The van der Waals surface area contributed by atoms with E-state index < -0.39 is 0 Å². The molecular formula is C13H11N3O2S. The molecule has 0 atom stereocenters. The molecule has 2 rings (SSSR count). The van der Waals surface area contributed by atoms with Crippen LogP contribution < -0.4 is 5.32 Å². The maximum absolute atomic E-state index is 11.7. The Bertz CT molecular complexity index is 614. The van der Waals surface area contributed by atoms with E-state index in [4.69, 9.17) is 5.11 Å². The molecule has 6 heteroatoms. The van der Waals surface area contributed by atoms with E-state index in [-0.39, 0.29) is 12.5 Å². The van der Waals surface area contributed by atoms with E-state index in [1.54, 1.807) is 5.38 Å². The van der Waals surface area contributed by atoms with Gasteiger partial charge in [0.15, 0.2) is 5.69 Å². The number of nitrogens with one attached hydrogen (secondary N) is 1. The SMILES string of the molecule is O=C(NCc1cccc(C#CCO)c1)c1csnn1. The number of aliphatic hydroxyl groups is 1. The van der Waals surface area contributed by atoms with Gasteiger partial charge in [0.25, 0.3) is 5.91 Å².